The smallest absolute Gasteiger partial charge is 0.186 e. The predicted molar refractivity (Wildman–Crippen MR) is 95.4 cm³/mol. The number of fused-ring (bicyclic) bond motifs is 1. The van der Waals surface area contributed by atoms with E-state index in [1.165, 1.54) is 0 Å². The summed E-state index contributed by atoms with van der Waals surface area (Å²) < 4.78 is 14.4. The maximum atomic E-state index is 14.4. The summed E-state index contributed by atoms with van der Waals surface area (Å²) in [5.41, 5.74) is 2.17. The molecule has 128 valence electrons. The number of aromatic nitrogens is 4. The Balaban J connectivity index is 1.53. The van der Waals surface area contributed by atoms with E-state index in [-0.39, 0.29) is 5.82 Å². The Morgan fingerprint density at radius 3 is 2.32 bits per heavy atom. The summed E-state index contributed by atoms with van der Waals surface area (Å²) in [6.07, 6.45) is 1.80. The van der Waals surface area contributed by atoms with Crippen LogP contribution in [-0.4, -0.2) is 46.1 Å². The minimum absolute atomic E-state index is 0.329. The van der Waals surface area contributed by atoms with Gasteiger partial charge in [0.15, 0.2) is 11.6 Å². The first-order valence-electron chi connectivity index (χ1n) is 8.34. The zero-order valence-corrected chi connectivity index (χ0v) is 14.3. The van der Waals surface area contributed by atoms with E-state index in [1.54, 1.807) is 20.0 Å². The van der Waals surface area contributed by atoms with E-state index >= 15 is 0 Å². The normalized spacial score (nSPS) is 15.0. The first kappa shape index (κ1) is 15.7. The number of aryl methyl sites for hydroxylation is 2. The molecule has 1 fully saturated rings. The largest absolute Gasteiger partial charge is 0.352 e. The third-order valence-electron chi connectivity index (χ3n) is 4.45. The molecule has 0 atom stereocenters. The maximum absolute atomic E-state index is 14.4. The van der Waals surface area contributed by atoms with E-state index in [1.807, 2.05) is 29.2 Å². The number of nitrogens with zero attached hydrogens (tertiary/aromatic N) is 6. The van der Waals surface area contributed by atoms with Crippen molar-refractivity contribution >= 4 is 22.7 Å². The molecule has 0 N–H and O–H groups in total. The van der Waals surface area contributed by atoms with Crippen LogP contribution in [0.4, 0.5) is 16.0 Å². The van der Waals surface area contributed by atoms with Gasteiger partial charge < -0.3 is 9.80 Å². The van der Waals surface area contributed by atoms with Crippen molar-refractivity contribution in [3.63, 3.8) is 0 Å². The highest BCUT2D eigenvalue weighted by atomic mass is 19.1. The summed E-state index contributed by atoms with van der Waals surface area (Å²) in [6.45, 7) is 6.32. The molecule has 6 nitrogen and oxygen atoms in total. The SMILES string of the molecule is Cc1nc(C)c(F)c(N2CCN(c3cnc4ccccc4n3)CC2)n1. The van der Waals surface area contributed by atoms with Gasteiger partial charge in [-0.2, -0.15) is 0 Å². The molecule has 0 amide bonds. The van der Waals surface area contributed by atoms with Crippen LogP contribution in [0.15, 0.2) is 30.5 Å². The van der Waals surface area contributed by atoms with E-state index in [4.69, 9.17) is 0 Å². The molecular weight excluding hydrogens is 319 g/mol. The lowest BCUT2D eigenvalue weighted by molar-refractivity contribution is 0.570. The van der Waals surface area contributed by atoms with Gasteiger partial charge in [-0.1, -0.05) is 12.1 Å². The molecule has 0 unspecified atom stereocenters. The topological polar surface area (TPSA) is 58.0 Å². The van der Waals surface area contributed by atoms with Crippen LogP contribution in [0, 0.1) is 19.7 Å². The molecule has 1 saturated heterocycles. The Hall–Kier alpha value is -2.83. The molecule has 3 heterocycles. The van der Waals surface area contributed by atoms with E-state index in [0.29, 0.717) is 30.4 Å². The van der Waals surface area contributed by atoms with Gasteiger partial charge in [0.05, 0.1) is 22.9 Å². The summed E-state index contributed by atoms with van der Waals surface area (Å²) in [5.74, 6) is 1.52. The van der Waals surface area contributed by atoms with Crippen molar-refractivity contribution in [1.82, 2.24) is 19.9 Å². The van der Waals surface area contributed by atoms with Crippen LogP contribution in [0.5, 0.6) is 0 Å². The highest BCUT2D eigenvalue weighted by molar-refractivity contribution is 5.75. The standard InChI is InChI=1S/C18H19FN6/c1-12-17(19)18(22-13(2)21-12)25-9-7-24(8-10-25)16-11-20-14-5-3-4-6-15(14)23-16/h3-6,11H,7-10H2,1-2H3. The Bertz CT molecular complexity index is 921. The van der Waals surface area contributed by atoms with E-state index in [9.17, 15) is 4.39 Å². The average molecular weight is 338 g/mol. The van der Waals surface area contributed by atoms with Crippen molar-refractivity contribution in [3.05, 3.63) is 47.8 Å². The van der Waals surface area contributed by atoms with Crippen LogP contribution in [-0.2, 0) is 0 Å². The van der Waals surface area contributed by atoms with Crippen molar-refractivity contribution in [2.45, 2.75) is 13.8 Å². The van der Waals surface area contributed by atoms with Crippen LogP contribution in [0.2, 0.25) is 0 Å². The first-order chi connectivity index (χ1) is 12.1. The summed E-state index contributed by atoms with van der Waals surface area (Å²) in [5, 5.41) is 0. The molecule has 2 aromatic heterocycles. The molecular formula is C18H19FN6. The fraction of sp³-hybridized carbons (Fsp3) is 0.333. The molecule has 7 heteroatoms. The number of hydrogen-bond acceptors (Lipinski definition) is 6. The van der Waals surface area contributed by atoms with Gasteiger partial charge >= 0.3 is 0 Å². The molecule has 3 aromatic rings. The summed E-state index contributed by atoms with van der Waals surface area (Å²) in [6, 6.07) is 7.83. The van der Waals surface area contributed by atoms with Crippen LogP contribution < -0.4 is 9.80 Å². The molecule has 1 aliphatic rings. The zero-order valence-electron chi connectivity index (χ0n) is 14.3. The quantitative estimate of drug-likeness (QED) is 0.716. The second kappa shape index (κ2) is 6.23. The second-order valence-corrected chi connectivity index (χ2v) is 6.18. The number of piperazine rings is 1. The van der Waals surface area contributed by atoms with E-state index < -0.39 is 0 Å². The predicted octanol–water partition coefficient (Wildman–Crippen LogP) is 2.50. The zero-order chi connectivity index (χ0) is 17.4. The molecule has 0 aliphatic carbocycles. The minimum Gasteiger partial charge on any atom is -0.352 e. The van der Waals surface area contributed by atoms with Gasteiger partial charge in [-0.05, 0) is 26.0 Å². The van der Waals surface area contributed by atoms with Gasteiger partial charge in [0.2, 0.25) is 0 Å². The van der Waals surface area contributed by atoms with Gasteiger partial charge in [-0.3, -0.25) is 4.98 Å². The molecule has 1 aliphatic heterocycles. The van der Waals surface area contributed by atoms with E-state index in [0.717, 1.165) is 29.9 Å². The lowest BCUT2D eigenvalue weighted by Gasteiger charge is -2.36. The number of benzene rings is 1. The number of para-hydroxylation sites is 2. The Kier molecular flexibility index (Phi) is 3.91. The molecule has 0 radical (unpaired) electrons. The van der Waals surface area contributed by atoms with Gasteiger partial charge in [-0.15, -0.1) is 0 Å². The van der Waals surface area contributed by atoms with Crippen LogP contribution in [0.1, 0.15) is 11.5 Å². The van der Waals surface area contributed by atoms with Crippen molar-refractivity contribution in [2.75, 3.05) is 36.0 Å². The second-order valence-electron chi connectivity index (χ2n) is 6.18. The Morgan fingerprint density at radius 2 is 1.56 bits per heavy atom. The third kappa shape index (κ3) is 2.97. The Labute approximate surface area is 145 Å². The van der Waals surface area contributed by atoms with Crippen LogP contribution >= 0.6 is 0 Å². The van der Waals surface area contributed by atoms with Gasteiger partial charge in [-0.25, -0.2) is 19.3 Å². The lowest BCUT2D eigenvalue weighted by Crippen LogP contribution is -2.47. The molecule has 0 saturated carbocycles. The fourth-order valence-corrected chi connectivity index (χ4v) is 3.14. The van der Waals surface area contributed by atoms with Crippen LogP contribution in [0.3, 0.4) is 0 Å². The maximum Gasteiger partial charge on any atom is 0.186 e. The molecule has 0 bridgehead atoms. The highest BCUT2D eigenvalue weighted by Gasteiger charge is 2.23. The van der Waals surface area contributed by atoms with Gasteiger partial charge in [0.25, 0.3) is 0 Å². The molecule has 1 aromatic carbocycles. The highest BCUT2D eigenvalue weighted by Crippen LogP contribution is 2.22. The summed E-state index contributed by atoms with van der Waals surface area (Å²) >= 11 is 0. The molecule has 25 heavy (non-hydrogen) atoms. The van der Waals surface area contributed by atoms with Crippen LogP contribution in [0.25, 0.3) is 11.0 Å². The average Bonchev–Trinajstić information content (AvgIpc) is 2.64. The number of halogens is 1. The van der Waals surface area contributed by atoms with Gasteiger partial charge in [0.1, 0.15) is 11.6 Å². The first-order valence-corrected chi connectivity index (χ1v) is 8.34. The number of hydrogen-bond donors (Lipinski definition) is 0. The van der Waals surface area contributed by atoms with E-state index in [2.05, 4.69) is 24.8 Å². The third-order valence-corrected chi connectivity index (χ3v) is 4.45. The fourth-order valence-electron chi connectivity index (χ4n) is 3.14. The summed E-state index contributed by atoms with van der Waals surface area (Å²) in [7, 11) is 0. The van der Waals surface area contributed by atoms with Crippen molar-refractivity contribution in [3.8, 4) is 0 Å². The van der Waals surface area contributed by atoms with Crippen molar-refractivity contribution < 1.29 is 4.39 Å². The summed E-state index contributed by atoms with van der Waals surface area (Å²) in [4.78, 5) is 21.7. The molecule has 0 spiro atoms. The van der Waals surface area contributed by atoms with Crippen molar-refractivity contribution in [1.29, 1.82) is 0 Å². The lowest BCUT2D eigenvalue weighted by atomic mass is 10.2. The number of anilines is 2. The van der Waals surface area contributed by atoms with Crippen molar-refractivity contribution in [2.24, 2.45) is 0 Å². The monoisotopic (exact) mass is 338 g/mol. The minimum atomic E-state index is -0.329. The van der Waals surface area contributed by atoms with Gasteiger partial charge in [0, 0.05) is 26.2 Å². The number of rotatable bonds is 2. The Morgan fingerprint density at radius 1 is 0.880 bits per heavy atom. The molecule has 4 rings (SSSR count).